The number of carbonyl (C=O) groups is 2. The van der Waals surface area contributed by atoms with Crippen LogP contribution in [0.15, 0.2) is 54.7 Å². The predicted octanol–water partition coefficient (Wildman–Crippen LogP) is 8.16. The van der Waals surface area contributed by atoms with Crippen LogP contribution >= 0.6 is 19.4 Å². The highest BCUT2D eigenvalue weighted by molar-refractivity contribution is 7.47. The second-order valence-electron chi connectivity index (χ2n) is 13.5. The van der Waals surface area contributed by atoms with E-state index in [1.807, 2.05) is 30.5 Å². The van der Waals surface area contributed by atoms with Crippen LogP contribution in [-0.4, -0.2) is 78.0 Å². The van der Waals surface area contributed by atoms with E-state index in [2.05, 4.69) is 46.6 Å². The number of fused-ring (bicyclic) bond motifs is 1. The zero-order valence-electron chi connectivity index (χ0n) is 32.0. The van der Waals surface area contributed by atoms with Crippen LogP contribution in [0.5, 0.6) is 5.75 Å². The highest BCUT2D eigenvalue weighted by Crippen LogP contribution is 2.45. The fraction of sp³-hybridized carbons (Fsp3) is 0.600. The zero-order chi connectivity index (χ0) is 38.3. The van der Waals surface area contributed by atoms with Gasteiger partial charge in [0.2, 0.25) is 11.8 Å². The molecule has 11 nitrogen and oxygen atoms in total. The summed E-state index contributed by atoms with van der Waals surface area (Å²) in [5, 5.41) is 10.6. The third-order valence-corrected chi connectivity index (χ3v) is 10.9. The van der Waals surface area contributed by atoms with Gasteiger partial charge in [0.25, 0.3) is 0 Å². The Bertz CT molecular complexity index is 1520. The summed E-state index contributed by atoms with van der Waals surface area (Å²) in [6, 6.07) is 13.6. The van der Waals surface area contributed by atoms with Crippen LogP contribution < -0.4 is 20.5 Å². The summed E-state index contributed by atoms with van der Waals surface area (Å²) in [4.78, 5) is 41.6. The van der Waals surface area contributed by atoms with Crippen molar-refractivity contribution in [3.8, 4) is 5.75 Å². The van der Waals surface area contributed by atoms with Crippen LogP contribution in [0, 0.1) is 0 Å². The number of hydrogen-bond donors (Lipinski definition) is 5. The van der Waals surface area contributed by atoms with E-state index in [-0.39, 0.29) is 35.2 Å². The van der Waals surface area contributed by atoms with Gasteiger partial charge >= 0.3 is 7.82 Å². The molecule has 13 heteroatoms. The van der Waals surface area contributed by atoms with Gasteiger partial charge in [0.05, 0.1) is 17.7 Å². The number of benzene rings is 2. The Labute approximate surface area is 321 Å². The summed E-state index contributed by atoms with van der Waals surface area (Å²) in [6.07, 6.45) is 14.4. The van der Waals surface area contributed by atoms with E-state index in [4.69, 9.17) is 20.6 Å². The second kappa shape index (κ2) is 25.2. The van der Waals surface area contributed by atoms with Gasteiger partial charge in [0.15, 0.2) is 0 Å². The van der Waals surface area contributed by atoms with Gasteiger partial charge in [-0.15, -0.1) is 0 Å². The molecule has 3 atom stereocenters. The van der Waals surface area contributed by atoms with Gasteiger partial charge in [-0.25, -0.2) is 4.57 Å². The number of phosphoric acid groups is 1. The van der Waals surface area contributed by atoms with Gasteiger partial charge in [-0.2, -0.15) is 0 Å². The van der Waals surface area contributed by atoms with E-state index in [1.54, 1.807) is 18.2 Å². The second-order valence-corrected chi connectivity index (χ2v) is 15.3. The molecule has 4 rings (SSSR count). The Balaban J connectivity index is 0.000000980. The molecule has 2 amide bonds. The van der Waals surface area contributed by atoms with Crippen molar-refractivity contribution in [2.45, 2.75) is 116 Å². The Hall–Kier alpha value is -2.92. The van der Waals surface area contributed by atoms with Gasteiger partial charge in [-0.1, -0.05) is 114 Å². The molecule has 1 saturated heterocycles. The molecule has 5 N–H and O–H groups in total. The maximum absolute atomic E-state index is 13.2. The number of aromatic amines is 1. The molecular formula is C40H63ClN5O6P. The molecular weight excluding hydrogens is 713 g/mol. The van der Waals surface area contributed by atoms with Crippen LogP contribution in [0.2, 0.25) is 5.02 Å². The number of aromatic nitrogens is 1. The quantitative estimate of drug-likeness (QED) is 0.0453. The maximum Gasteiger partial charge on any atom is 0.527 e. The van der Waals surface area contributed by atoms with Crippen LogP contribution in [0.3, 0.4) is 0 Å². The summed E-state index contributed by atoms with van der Waals surface area (Å²) in [7, 11) is -4.19. The Morgan fingerprint density at radius 3 is 2.17 bits per heavy atom. The molecule has 1 unspecified atom stereocenters. The number of unbranched alkanes of at least 4 members (excludes halogenated alkanes) is 9. The van der Waals surface area contributed by atoms with E-state index in [0.29, 0.717) is 19.4 Å². The zero-order valence-corrected chi connectivity index (χ0v) is 33.7. The normalized spacial score (nSPS) is 15.8. The molecule has 1 aromatic heterocycles. The molecule has 0 radical (unpaired) electrons. The van der Waals surface area contributed by atoms with Crippen molar-refractivity contribution in [2.75, 3.05) is 39.3 Å². The summed E-state index contributed by atoms with van der Waals surface area (Å²) in [6.45, 7) is 11.7. The minimum Gasteiger partial charge on any atom is -0.403 e. The number of rotatable bonds is 24. The van der Waals surface area contributed by atoms with Gasteiger partial charge in [0.1, 0.15) is 11.8 Å². The van der Waals surface area contributed by atoms with E-state index >= 15 is 0 Å². The van der Waals surface area contributed by atoms with Crippen LogP contribution in [-0.2, 0) is 25.1 Å². The van der Waals surface area contributed by atoms with E-state index in [1.165, 1.54) is 25.7 Å². The fourth-order valence-corrected chi connectivity index (χ4v) is 7.45. The van der Waals surface area contributed by atoms with Gasteiger partial charge in [-0.05, 0) is 75.6 Å². The third kappa shape index (κ3) is 17.0. The largest absolute Gasteiger partial charge is 0.527 e. The number of para-hydroxylation sites is 2. The number of halogens is 1. The number of nitrogens with one attached hydrogen (secondary N) is 4. The summed E-state index contributed by atoms with van der Waals surface area (Å²) < 4.78 is 22.2. The number of amides is 2. The molecule has 0 saturated carbocycles. The van der Waals surface area contributed by atoms with Gasteiger partial charge in [0, 0.05) is 30.1 Å². The Kier molecular flexibility index (Phi) is 21.2. The number of phosphoric ester groups is 1. The highest BCUT2D eigenvalue weighted by atomic mass is 35.5. The lowest BCUT2D eigenvalue weighted by molar-refractivity contribution is -0.129. The molecule has 0 bridgehead atoms. The molecule has 0 aliphatic carbocycles. The van der Waals surface area contributed by atoms with Crippen molar-refractivity contribution in [3.05, 3.63) is 65.3 Å². The average Bonchev–Trinajstić information content (AvgIpc) is 3.84. The van der Waals surface area contributed by atoms with Crippen molar-refractivity contribution in [1.82, 2.24) is 25.8 Å². The lowest BCUT2D eigenvalue weighted by Gasteiger charge is -2.20. The minimum atomic E-state index is -4.19. The van der Waals surface area contributed by atoms with E-state index in [0.717, 1.165) is 93.6 Å². The molecule has 2 heterocycles. The maximum atomic E-state index is 13.2. The summed E-state index contributed by atoms with van der Waals surface area (Å²) >= 11 is 5.96. The number of H-pyrrole nitrogens is 1. The Morgan fingerprint density at radius 2 is 1.55 bits per heavy atom. The first-order chi connectivity index (χ1) is 25.7. The summed E-state index contributed by atoms with van der Waals surface area (Å²) in [5.41, 5.74) is 2.03. The number of carbonyl (C=O) groups excluding carboxylic acids is 2. The molecule has 2 aromatic carbocycles. The lowest BCUT2D eigenvalue weighted by Crippen LogP contribution is -2.52. The van der Waals surface area contributed by atoms with E-state index < -0.39 is 13.9 Å². The molecule has 296 valence electrons. The third-order valence-electron chi connectivity index (χ3n) is 9.63. The average molecular weight is 776 g/mol. The highest BCUT2D eigenvalue weighted by Gasteiger charge is 2.28. The van der Waals surface area contributed by atoms with E-state index in [9.17, 15) is 19.0 Å². The SMILES string of the molecule is CCN(CC)CC.O=C(N[C@H](Cc1c[nH]c2ccccc12)C(=O)NCCCCCCCCCCCCOP(=O)(O)Oc1ccccc1Cl)[C@H]1CCCN1. The van der Waals surface area contributed by atoms with Crippen molar-refractivity contribution >= 4 is 42.1 Å². The van der Waals surface area contributed by atoms with Crippen molar-refractivity contribution in [3.63, 3.8) is 0 Å². The summed E-state index contributed by atoms with van der Waals surface area (Å²) in [5.74, 6) is -0.124. The minimum absolute atomic E-state index is 0.110. The first-order valence-electron chi connectivity index (χ1n) is 19.7. The van der Waals surface area contributed by atoms with Crippen molar-refractivity contribution in [2.24, 2.45) is 0 Å². The first kappa shape index (κ1) is 44.5. The smallest absolute Gasteiger partial charge is 0.403 e. The predicted molar refractivity (Wildman–Crippen MR) is 215 cm³/mol. The van der Waals surface area contributed by atoms with Crippen LogP contribution in [0.1, 0.15) is 103 Å². The Morgan fingerprint density at radius 1 is 0.925 bits per heavy atom. The molecule has 3 aromatic rings. The van der Waals surface area contributed by atoms with Gasteiger partial charge in [-0.3, -0.25) is 19.0 Å². The van der Waals surface area contributed by atoms with Crippen LogP contribution in [0.25, 0.3) is 10.9 Å². The molecule has 1 aliphatic rings. The molecule has 1 aliphatic heterocycles. The monoisotopic (exact) mass is 775 g/mol. The standard InChI is InChI=1S/C34H48ClN4O6P.C6H15N/c35-28-17-10-12-20-32(28)45-46(42,43)44-23-14-8-6-4-2-1-3-5-7-13-21-37-33(40)31(39-34(41)30-19-15-22-36-30)24-26-25-38-29-18-11-9-16-27(26)29;1-4-7(5-2)6-3/h9-12,16-18,20,25,30-31,36,38H,1-8,13-15,19,21-24H2,(H,37,40)(H,39,41)(H,42,43);4-6H2,1-3H3/t30-,31-;/m1./s1. The van der Waals surface area contributed by atoms with Gasteiger partial charge < -0.3 is 30.4 Å². The lowest BCUT2D eigenvalue weighted by atomic mass is 10.0. The molecule has 53 heavy (non-hydrogen) atoms. The topological polar surface area (TPSA) is 145 Å². The van der Waals surface area contributed by atoms with Crippen molar-refractivity contribution in [1.29, 1.82) is 0 Å². The van der Waals surface area contributed by atoms with Crippen LogP contribution in [0.4, 0.5) is 0 Å². The number of hydrogen-bond acceptors (Lipinski definition) is 7. The van der Waals surface area contributed by atoms with Crippen molar-refractivity contribution < 1.29 is 28.1 Å². The molecule has 1 fully saturated rings. The first-order valence-corrected chi connectivity index (χ1v) is 21.5. The number of nitrogens with zero attached hydrogens (tertiary/aromatic N) is 1. The molecule has 0 spiro atoms. The fourth-order valence-electron chi connectivity index (χ4n) is 6.41.